The van der Waals surface area contributed by atoms with Crippen LogP contribution in [0.15, 0.2) is 99.9 Å². The predicted octanol–water partition coefficient (Wildman–Crippen LogP) is 10.0. The van der Waals surface area contributed by atoms with E-state index >= 15 is 0 Å². The molecule has 2 aliphatic carbocycles. The van der Waals surface area contributed by atoms with Gasteiger partial charge in [-0.25, -0.2) is 0 Å². The minimum atomic E-state index is -1.98. The van der Waals surface area contributed by atoms with E-state index in [4.69, 9.17) is 0 Å². The number of allylic oxidation sites excluding steroid dienone is 8. The van der Waals surface area contributed by atoms with Gasteiger partial charge in [0, 0.05) is 0 Å². The van der Waals surface area contributed by atoms with E-state index in [0.717, 1.165) is 0 Å². The molecule has 5 heteroatoms. The average molecular weight is 632 g/mol. The molecular formula is C34H48N2Si2Zr. The fourth-order valence-corrected chi connectivity index (χ4v) is 22.8. The predicted molar refractivity (Wildman–Crippen MR) is 173 cm³/mol. The number of anilines is 2. The summed E-state index contributed by atoms with van der Waals surface area (Å²) >= 11 is -1.14. The zero-order chi connectivity index (χ0) is 29.0. The van der Waals surface area contributed by atoms with Gasteiger partial charge < -0.3 is 0 Å². The summed E-state index contributed by atoms with van der Waals surface area (Å²) in [5, 5.41) is 3.39. The first kappa shape index (κ1) is 30.3. The van der Waals surface area contributed by atoms with Gasteiger partial charge >= 0.3 is 253 Å². The molecule has 4 rings (SSSR count). The molecule has 2 aromatic carbocycles. The van der Waals surface area contributed by atoms with Crippen molar-refractivity contribution >= 4 is 27.8 Å². The molecular weight excluding hydrogens is 584 g/mol. The molecule has 0 fully saturated rings. The summed E-state index contributed by atoms with van der Waals surface area (Å²) in [6.45, 7) is 29.7. The molecule has 2 N–H and O–H groups in total. The van der Waals surface area contributed by atoms with Gasteiger partial charge in [-0.2, -0.15) is 0 Å². The van der Waals surface area contributed by atoms with E-state index in [-0.39, 0.29) is 10.8 Å². The third-order valence-corrected chi connectivity index (χ3v) is 21.8. The Hall–Kier alpha value is -1.68. The van der Waals surface area contributed by atoms with Crippen molar-refractivity contribution in [3.63, 3.8) is 0 Å². The Morgan fingerprint density at radius 3 is 1.15 bits per heavy atom. The molecule has 0 aromatic heterocycles. The third kappa shape index (κ3) is 5.48. The molecule has 0 atom stereocenters. The van der Waals surface area contributed by atoms with E-state index in [2.05, 4.69) is 152 Å². The van der Waals surface area contributed by atoms with Crippen molar-refractivity contribution in [3.05, 3.63) is 99.9 Å². The first-order valence-corrected chi connectivity index (χ1v) is 22.8. The summed E-state index contributed by atoms with van der Waals surface area (Å²) < 4.78 is 3.60. The normalized spacial score (nSPS) is 19.3. The quantitative estimate of drug-likeness (QED) is 0.283. The molecule has 0 saturated carbocycles. The second kappa shape index (κ2) is 10.6. The Balaban J connectivity index is 1.88. The Morgan fingerprint density at radius 1 is 0.538 bits per heavy atom. The molecule has 0 heterocycles. The number of hydrogen-bond acceptors (Lipinski definition) is 2. The molecule has 0 unspecified atom stereocenters. The van der Waals surface area contributed by atoms with Crippen LogP contribution in [0.4, 0.5) is 11.4 Å². The SMILES string of the molecule is CC1=C(C)C(C)(C)[C]([Zr][C]2=C([Si](C)(C)Nc3ccccc3)C(C)=C(C)C2(C)C)=C1[Si](C)(C)Nc1ccccc1. The van der Waals surface area contributed by atoms with E-state index in [1.165, 1.54) is 11.4 Å². The van der Waals surface area contributed by atoms with Gasteiger partial charge in [0.05, 0.1) is 0 Å². The number of hydrogen-bond donors (Lipinski definition) is 2. The fraction of sp³-hybridized carbons (Fsp3) is 0.412. The van der Waals surface area contributed by atoms with Gasteiger partial charge in [-0.15, -0.1) is 0 Å². The second-order valence-corrected chi connectivity index (χ2v) is 24.7. The van der Waals surface area contributed by atoms with E-state index in [1.54, 1.807) is 39.2 Å². The summed E-state index contributed by atoms with van der Waals surface area (Å²) in [4.78, 5) is 8.12. The van der Waals surface area contributed by atoms with Crippen molar-refractivity contribution in [2.75, 3.05) is 9.96 Å². The van der Waals surface area contributed by atoms with E-state index in [9.17, 15) is 0 Å². The zero-order valence-corrected chi connectivity index (χ0v) is 30.7. The molecule has 2 aliphatic rings. The summed E-state index contributed by atoms with van der Waals surface area (Å²) in [7, 11) is -3.95. The summed E-state index contributed by atoms with van der Waals surface area (Å²) in [6, 6.07) is 21.7. The van der Waals surface area contributed by atoms with Crippen LogP contribution in [0.1, 0.15) is 55.4 Å². The molecule has 0 saturated heterocycles. The van der Waals surface area contributed by atoms with E-state index < -0.39 is 39.7 Å². The van der Waals surface area contributed by atoms with Crippen LogP contribution in [0.3, 0.4) is 0 Å². The molecule has 0 spiro atoms. The maximum atomic E-state index is 4.06. The van der Waals surface area contributed by atoms with Gasteiger partial charge in [0.25, 0.3) is 0 Å². The van der Waals surface area contributed by atoms with Gasteiger partial charge in [-0.1, -0.05) is 0 Å². The van der Waals surface area contributed by atoms with Crippen LogP contribution >= 0.6 is 0 Å². The van der Waals surface area contributed by atoms with Crippen LogP contribution in [0.5, 0.6) is 0 Å². The Morgan fingerprint density at radius 2 is 0.846 bits per heavy atom. The zero-order valence-electron chi connectivity index (χ0n) is 26.3. The van der Waals surface area contributed by atoms with Gasteiger partial charge in [0.2, 0.25) is 0 Å². The molecule has 0 aliphatic heterocycles. The molecule has 2 nitrogen and oxygen atoms in total. The van der Waals surface area contributed by atoms with Crippen molar-refractivity contribution in [2.45, 2.75) is 81.6 Å². The van der Waals surface area contributed by atoms with Gasteiger partial charge in [0.15, 0.2) is 0 Å². The van der Waals surface area contributed by atoms with Crippen molar-refractivity contribution in [3.8, 4) is 0 Å². The van der Waals surface area contributed by atoms with Crippen LogP contribution in [-0.2, 0) is 23.2 Å². The molecule has 2 aromatic rings. The van der Waals surface area contributed by atoms with Gasteiger partial charge in [-0.05, 0) is 0 Å². The first-order valence-electron chi connectivity index (χ1n) is 14.3. The minimum absolute atomic E-state index is 0.116. The Bertz CT molecular complexity index is 1280. The number of para-hydroxylation sites is 2. The Kier molecular flexibility index (Phi) is 8.24. The maximum absolute atomic E-state index is 4.06. The molecule has 0 amide bonds. The van der Waals surface area contributed by atoms with Crippen LogP contribution in [0, 0.1) is 10.8 Å². The van der Waals surface area contributed by atoms with Crippen molar-refractivity contribution in [1.29, 1.82) is 0 Å². The van der Waals surface area contributed by atoms with Gasteiger partial charge in [0.1, 0.15) is 0 Å². The molecule has 206 valence electrons. The summed E-state index contributed by atoms with van der Waals surface area (Å²) in [5.41, 5.74) is 8.97. The number of benzene rings is 2. The fourth-order valence-electron chi connectivity index (χ4n) is 6.70. The molecule has 0 bridgehead atoms. The topological polar surface area (TPSA) is 24.1 Å². The van der Waals surface area contributed by atoms with Crippen molar-refractivity contribution in [2.24, 2.45) is 10.8 Å². The molecule has 0 radical (unpaired) electrons. The van der Waals surface area contributed by atoms with Crippen molar-refractivity contribution < 1.29 is 23.2 Å². The molecule has 39 heavy (non-hydrogen) atoms. The van der Waals surface area contributed by atoms with Crippen molar-refractivity contribution in [1.82, 2.24) is 0 Å². The number of nitrogens with one attached hydrogen (secondary N) is 2. The first-order chi connectivity index (χ1) is 18.0. The summed E-state index contributed by atoms with van der Waals surface area (Å²) in [6.07, 6.45) is 0. The van der Waals surface area contributed by atoms with Crippen LogP contribution in [0.2, 0.25) is 26.2 Å². The van der Waals surface area contributed by atoms with E-state index in [0.29, 0.717) is 0 Å². The van der Waals surface area contributed by atoms with Crippen LogP contribution in [-0.4, -0.2) is 16.5 Å². The van der Waals surface area contributed by atoms with Gasteiger partial charge in [-0.3, -0.25) is 0 Å². The van der Waals surface area contributed by atoms with E-state index in [1.807, 2.05) is 0 Å². The number of rotatable bonds is 8. The average Bonchev–Trinajstić information content (AvgIpc) is 3.14. The third-order valence-electron chi connectivity index (χ3n) is 9.46. The van der Waals surface area contributed by atoms with Crippen LogP contribution in [0.25, 0.3) is 0 Å². The Labute approximate surface area is 251 Å². The second-order valence-electron chi connectivity index (χ2n) is 13.6. The van der Waals surface area contributed by atoms with Crippen LogP contribution < -0.4 is 9.96 Å². The standard InChI is InChI=1S/2C17H24NSi.Zr/c2*1-13-14(2)17(3,4)12-16(13)19(5,6)18-15-10-8-7-9-11-15;/h2*7-11,18H,1-6H3;. The monoisotopic (exact) mass is 630 g/mol. The summed E-state index contributed by atoms with van der Waals surface area (Å²) in [5.74, 6) is 0.